The number of oxazole rings is 1. The van der Waals surface area contributed by atoms with Gasteiger partial charge in [0.15, 0.2) is 5.76 Å². The van der Waals surface area contributed by atoms with E-state index in [9.17, 15) is 9.90 Å². The Bertz CT molecular complexity index is 580. The Hall–Kier alpha value is -2.14. The van der Waals surface area contributed by atoms with Crippen molar-refractivity contribution in [3.05, 3.63) is 42.4 Å². The number of nitrogens with zero attached hydrogens (tertiary/aromatic N) is 1. The van der Waals surface area contributed by atoms with E-state index in [1.54, 1.807) is 13.1 Å². The Morgan fingerprint density at radius 1 is 1.40 bits per heavy atom. The van der Waals surface area contributed by atoms with E-state index in [1.165, 1.54) is 0 Å². The highest BCUT2D eigenvalue weighted by atomic mass is 16.4. The first-order chi connectivity index (χ1) is 9.55. The zero-order valence-corrected chi connectivity index (χ0v) is 11.6. The lowest BCUT2D eigenvalue weighted by molar-refractivity contribution is -0.144. The third kappa shape index (κ3) is 3.05. The van der Waals surface area contributed by atoms with Crippen molar-refractivity contribution in [1.29, 1.82) is 0 Å². The van der Waals surface area contributed by atoms with Crippen LogP contribution in [0.2, 0.25) is 0 Å². The van der Waals surface area contributed by atoms with Crippen LogP contribution in [0.3, 0.4) is 0 Å². The van der Waals surface area contributed by atoms with Gasteiger partial charge in [-0.25, -0.2) is 4.98 Å². The van der Waals surface area contributed by atoms with Gasteiger partial charge in [0.1, 0.15) is 5.54 Å². The molecule has 0 bridgehead atoms. The molecule has 0 spiro atoms. The third-order valence-electron chi connectivity index (χ3n) is 3.42. The Balaban J connectivity index is 2.06. The molecule has 1 unspecified atom stereocenters. The van der Waals surface area contributed by atoms with E-state index in [4.69, 9.17) is 4.42 Å². The molecule has 0 saturated heterocycles. The number of hydrogen-bond donors (Lipinski definition) is 2. The van der Waals surface area contributed by atoms with Gasteiger partial charge in [-0.3, -0.25) is 10.1 Å². The average molecular weight is 274 g/mol. The van der Waals surface area contributed by atoms with Gasteiger partial charge >= 0.3 is 5.97 Å². The minimum absolute atomic E-state index is 0.281. The summed E-state index contributed by atoms with van der Waals surface area (Å²) in [5.41, 5.74) is -0.0239. The Kier molecular flexibility index (Phi) is 4.20. The van der Waals surface area contributed by atoms with E-state index in [0.717, 1.165) is 5.56 Å². The Morgan fingerprint density at radius 2 is 2.10 bits per heavy atom. The summed E-state index contributed by atoms with van der Waals surface area (Å²) in [7, 11) is 0. The van der Waals surface area contributed by atoms with Crippen molar-refractivity contribution >= 4 is 5.97 Å². The molecule has 20 heavy (non-hydrogen) atoms. The Labute approximate surface area is 117 Å². The van der Waals surface area contributed by atoms with Crippen LogP contribution >= 0.6 is 0 Å². The predicted octanol–water partition coefficient (Wildman–Crippen LogP) is 2.68. The van der Waals surface area contributed by atoms with E-state index in [2.05, 4.69) is 10.3 Å². The fourth-order valence-corrected chi connectivity index (χ4v) is 1.75. The first-order valence-corrected chi connectivity index (χ1v) is 6.53. The fourth-order valence-electron chi connectivity index (χ4n) is 1.75. The molecule has 1 heterocycles. The zero-order valence-electron chi connectivity index (χ0n) is 11.6. The molecule has 1 atom stereocenters. The molecule has 0 radical (unpaired) electrons. The highest BCUT2D eigenvalue weighted by molar-refractivity contribution is 5.78. The van der Waals surface area contributed by atoms with Crippen LogP contribution in [-0.4, -0.2) is 21.6 Å². The largest absolute Gasteiger partial charge is 0.480 e. The van der Waals surface area contributed by atoms with E-state index in [-0.39, 0.29) is 6.54 Å². The number of aromatic nitrogens is 1. The monoisotopic (exact) mass is 274 g/mol. The molecule has 0 amide bonds. The highest BCUT2D eigenvalue weighted by Crippen LogP contribution is 2.20. The van der Waals surface area contributed by atoms with Crippen LogP contribution in [0.15, 0.2) is 40.9 Å². The maximum absolute atomic E-state index is 11.2. The summed E-state index contributed by atoms with van der Waals surface area (Å²) in [6, 6.07) is 9.65. The predicted molar refractivity (Wildman–Crippen MR) is 75.1 cm³/mol. The van der Waals surface area contributed by atoms with Gasteiger partial charge < -0.3 is 9.52 Å². The molecule has 0 aliphatic carbocycles. The number of carbonyl (C=O) groups is 1. The van der Waals surface area contributed by atoms with Gasteiger partial charge in [0, 0.05) is 5.56 Å². The molecule has 2 rings (SSSR count). The van der Waals surface area contributed by atoms with Gasteiger partial charge in [-0.1, -0.05) is 37.3 Å². The number of carboxylic acid groups (broad SMARTS) is 1. The minimum atomic E-state index is -0.971. The summed E-state index contributed by atoms with van der Waals surface area (Å²) < 4.78 is 5.62. The van der Waals surface area contributed by atoms with Gasteiger partial charge in [0.2, 0.25) is 5.89 Å². The summed E-state index contributed by atoms with van der Waals surface area (Å²) >= 11 is 0. The van der Waals surface area contributed by atoms with Gasteiger partial charge in [0.05, 0.1) is 12.7 Å². The highest BCUT2D eigenvalue weighted by Gasteiger charge is 2.30. The molecule has 0 fully saturated rings. The first-order valence-electron chi connectivity index (χ1n) is 6.53. The Morgan fingerprint density at radius 3 is 2.70 bits per heavy atom. The maximum Gasteiger partial charge on any atom is 0.323 e. The second kappa shape index (κ2) is 5.88. The van der Waals surface area contributed by atoms with Crippen LogP contribution in [-0.2, 0) is 11.3 Å². The van der Waals surface area contributed by atoms with Crippen LogP contribution in [0.25, 0.3) is 11.3 Å². The topological polar surface area (TPSA) is 75.4 Å². The van der Waals surface area contributed by atoms with Crippen molar-refractivity contribution in [2.45, 2.75) is 32.4 Å². The van der Waals surface area contributed by atoms with Gasteiger partial charge in [-0.15, -0.1) is 0 Å². The molecule has 2 N–H and O–H groups in total. The summed E-state index contributed by atoms with van der Waals surface area (Å²) in [6.07, 6.45) is 2.13. The van der Waals surface area contributed by atoms with E-state index in [0.29, 0.717) is 18.1 Å². The number of benzene rings is 1. The molecular weight excluding hydrogens is 256 g/mol. The quantitative estimate of drug-likeness (QED) is 0.847. The second-order valence-electron chi connectivity index (χ2n) is 4.83. The van der Waals surface area contributed by atoms with E-state index < -0.39 is 11.5 Å². The van der Waals surface area contributed by atoms with Gasteiger partial charge in [-0.05, 0) is 13.3 Å². The van der Waals surface area contributed by atoms with Crippen LogP contribution in [0.4, 0.5) is 0 Å². The van der Waals surface area contributed by atoms with Gasteiger partial charge in [-0.2, -0.15) is 0 Å². The van der Waals surface area contributed by atoms with Crippen molar-refractivity contribution < 1.29 is 14.3 Å². The molecule has 0 saturated carbocycles. The normalized spacial score (nSPS) is 13.9. The maximum atomic E-state index is 11.2. The number of carboxylic acids is 1. The lowest BCUT2D eigenvalue weighted by atomic mass is 9.99. The molecule has 1 aromatic carbocycles. The molecule has 5 nitrogen and oxygen atoms in total. The standard InChI is InChI=1S/C15H18N2O3/c1-3-15(2,14(18)19)17-10-13-16-9-12(20-13)11-7-5-4-6-8-11/h4-9,17H,3,10H2,1-2H3,(H,18,19). The van der Waals surface area contributed by atoms with Crippen molar-refractivity contribution in [1.82, 2.24) is 10.3 Å². The molecular formula is C15H18N2O3. The average Bonchev–Trinajstić information content (AvgIpc) is 2.94. The molecule has 0 aliphatic rings. The smallest absolute Gasteiger partial charge is 0.323 e. The molecule has 5 heteroatoms. The summed E-state index contributed by atoms with van der Waals surface area (Å²) in [5, 5.41) is 12.2. The van der Waals surface area contributed by atoms with Crippen molar-refractivity contribution in [3.8, 4) is 11.3 Å². The fraction of sp³-hybridized carbons (Fsp3) is 0.333. The van der Waals surface area contributed by atoms with Crippen molar-refractivity contribution in [3.63, 3.8) is 0 Å². The van der Waals surface area contributed by atoms with Crippen molar-refractivity contribution in [2.24, 2.45) is 0 Å². The SMILES string of the molecule is CCC(C)(NCc1ncc(-c2ccccc2)o1)C(=O)O. The summed E-state index contributed by atoms with van der Waals surface area (Å²) in [5.74, 6) is 0.274. The minimum Gasteiger partial charge on any atom is -0.480 e. The van der Waals surface area contributed by atoms with Crippen molar-refractivity contribution in [2.75, 3.05) is 0 Å². The molecule has 0 aliphatic heterocycles. The molecule has 1 aromatic heterocycles. The van der Waals surface area contributed by atoms with Crippen LogP contribution in [0.5, 0.6) is 0 Å². The molecule has 106 valence electrons. The number of rotatable bonds is 6. The number of hydrogen-bond acceptors (Lipinski definition) is 4. The summed E-state index contributed by atoms with van der Waals surface area (Å²) in [6.45, 7) is 3.76. The number of nitrogens with one attached hydrogen (secondary N) is 1. The van der Waals surface area contributed by atoms with E-state index in [1.807, 2.05) is 37.3 Å². The van der Waals surface area contributed by atoms with Crippen LogP contribution in [0.1, 0.15) is 26.2 Å². The van der Waals surface area contributed by atoms with Crippen LogP contribution < -0.4 is 5.32 Å². The summed E-state index contributed by atoms with van der Waals surface area (Å²) in [4.78, 5) is 15.4. The van der Waals surface area contributed by atoms with Crippen LogP contribution in [0, 0.1) is 0 Å². The third-order valence-corrected chi connectivity index (χ3v) is 3.42. The molecule has 2 aromatic rings. The first kappa shape index (κ1) is 14.3. The zero-order chi connectivity index (χ0) is 14.6. The van der Waals surface area contributed by atoms with E-state index >= 15 is 0 Å². The lowest BCUT2D eigenvalue weighted by Gasteiger charge is -2.23. The number of aliphatic carboxylic acids is 1. The van der Waals surface area contributed by atoms with Gasteiger partial charge in [0.25, 0.3) is 0 Å². The second-order valence-corrected chi connectivity index (χ2v) is 4.83. The lowest BCUT2D eigenvalue weighted by Crippen LogP contribution is -2.48.